The van der Waals surface area contributed by atoms with Crippen LogP contribution >= 0.6 is 11.8 Å². The molecule has 3 N–H and O–H groups in total. The molecule has 0 aliphatic heterocycles. The molecule has 0 rings (SSSR count). The van der Waals surface area contributed by atoms with E-state index in [0.29, 0.717) is 0 Å². The fourth-order valence-corrected chi connectivity index (χ4v) is 1.79. The number of carbonyl (C=O) groups is 1. The monoisotopic (exact) mass is 205 g/mol. The van der Waals surface area contributed by atoms with E-state index in [1.54, 1.807) is 18.7 Å². The van der Waals surface area contributed by atoms with Crippen LogP contribution in [0.5, 0.6) is 0 Å². The summed E-state index contributed by atoms with van der Waals surface area (Å²) < 4.78 is 0. The van der Waals surface area contributed by atoms with Gasteiger partial charge in [-0.25, -0.2) is 0 Å². The first-order chi connectivity index (χ1) is 5.74. The second kappa shape index (κ2) is 4.86. The Bertz CT molecular complexity index is 177. The van der Waals surface area contributed by atoms with Gasteiger partial charge in [-0.15, -0.1) is 0 Å². The molecule has 13 heavy (non-hydrogen) atoms. The van der Waals surface area contributed by atoms with Gasteiger partial charge in [0.2, 0.25) is 0 Å². The highest BCUT2D eigenvalue weighted by molar-refractivity contribution is 8.00. The molecular formula is C9H19NO2S. The van der Waals surface area contributed by atoms with Gasteiger partial charge in [0.25, 0.3) is 0 Å². The van der Waals surface area contributed by atoms with Crippen LogP contribution in [0.4, 0.5) is 0 Å². The first-order valence-corrected chi connectivity index (χ1v) is 5.42. The second-order valence-electron chi connectivity index (χ2n) is 4.13. The molecule has 0 fully saturated rings. The van der Waals surface area contributed by atoms with Crippen molar-refractivity contribution >= 4 is 17.7 Å². The molecule has 2 unspecified atom stereocenters. The van der Waals surface area contributed by atoms with Gasteiger partial charge >= 0.3 is 5.97 Å². The molecule has 0 amide bonds. The number of carboxylic acids is 1. The molecule has 3 nitrogen and oxygen atoms in total. The average Bonchev–Trinajstić information content (AvgIpc) is 1.97. The third-order valence-corrected chi connectivity index (χ3v) is 3.66. The van der Waals surface area contributed by atoms with Crippen LogP contribution in [0.15, 0.2) is 0 Å². The van der Waals surface area contributed by atoms with Crippen molar-refractivity contribution in [3.8, 4) is 0 Å². The minimum Gasteiger partial charge on any atom is -0.481 e. The van der Waals surface area contributed by atoms with Crippen LogP contribution in [0.3, 0.4) is 0 Å². The Morgan fingerprint density at radius 1 is 1.54 bits per heavy atom. The maximum absolute atomic E-state index is 10.6. The van der Waals surface area contributed by atoms with E-state index >= 15 is 0 Å². The number of carboxylic acid groups (broad SMARTS) is 1. The lowest BCUT2D eigenvalue weighted by atomic mass is 10.1. The Morgan fingerprint density at radius 3 is 2.31 bits per heavy atom. The van der Waals surface area contributed by atoms with Crippen LogP contribution in [0, 0.1) is 5.92 Å². The van der Waals surface area contributed by atoms with Gasteiger partial charge in [-0.1, -0.05) is 13.8 Å². The van der Waals surface area contributed by atoms with Crippen LogP contribution in [-0.2, 0) is 4.79 Å². The Morgan fingerprint density at radius 2 is 2.00 bits per heavy atom. The molecule has 0 heterocycles. The van der Waals surface area contributed by atoms with Gasteiger partial charge in [0.05, 0.1) is 5.92 Å². The van der Waals surface area contributed by atoms with Gasteiger partial charge in [-0.2, -0.15) is 11.8 Å². The van der Waals surface area contributed by atoms with E-state index in [0.717, 1.165) is 5.75 Å². The molecule has 0 saturated carbocycles. The number of nitrogens with two attached hydrogens (primary N) is 1. The highest BCUT2D eigenvalue weighted by atomic mass is 32.2. The zero-order chi connectivity index (χ0) is 10.6. The minimum atomic E-state index is -0.741. The fraction of sp³-hybridized carbons (Fsp3) is 0.889. The van der Waals surface area contributed by atoms with Crippen molar-refractivity contribution < 1.29 is 9.90 Å². The summed E-state index contributed by atoms with van der Waals surface area (Å²) in [5.41, 5.74) is 5.57. The minimum absolute atomic E-state index is 0.111. The van der Waals surface area contributed by atoms with Crippen LogP contribution in [0.2, 0.25) is 0 Å². The number of hydrogen-bond acceptors (Lipinski definition) is 3. The van der Waals surface area contributed by atoms with E-state index in [1.165, 1.54) is 0 Å². The van der Waals surface area contributed by atoms with E-state index in [-0.39, 0.29) is 16.7 Å². The SMILES string of the molecule is CC(SCC(C)(C)N)C(C)C(=O)O. The predicted molar refractivity (Wildman–Crippen MR) is 57.0 cm³/mol. The summed E-state index contributed by atoms with van der Waals surface area (Å²) >= 11 is 1.61. The van der Waals surface area contributed by atoms with Crippen molar-refractivity contribution in [2.75, 3.05) is 5.75 Å². The Labute approximate surface area is 84.1 Å². The average molecular weight is 205 g/mol. The summed E-state index contributed by atoms with van der Waals surface area (Å²) in [6, 6.07) is 0. The highest BCUT2D eigenvalue weighted by Crippen LogP contribution is 2.22. The molecule has 0 radical (unpaired) electrons. The molecule has 78 valence electrons. The standard InChI is InChI=1S/C9H19NO2S/c1-6(8(11)12)7(2)13-5-9(3,4)10/h6-7H,5,10H2,1-4H3,(H,11,12). The van der Waals surface area contributed by atoms with E-state index in [4.69, 9.17) is 10.8 Å². The zero-order valence-corrected chi connectivity index (χ0v) is 9.52. The van der Waals surface area contributed by atoms with Crippen molar-refractivity contribution in [2.45, 2.75) is 38.5 Å². The summed E-state index contributed by atoms with van der Waals surface area (Å²) in [6.45, 7) is 7.54. The molecule has 0 aromatic rings. The molecule has 0 aliphatic carbocycles. The summed E-state index contributed by atoms with van der Waals surface area (Å²) in [6.07, 6.45) is 0. The van der Waals surface area contributed by atoms with Crippen LogP contribution < -0.4 is 5.73 Å². The van der Waals surface area contributed by atoms with E-state index in [1.807, 2.05) is 20.8 Å². The summed E-state index contributed by atoms with van der Waals surface area (Å²) in [4.78, 5) is 10.6. The van der Waals surface area contributed by atoms with Gasteiger partial charge in [-0.3, -0.25) is 4.79 Å². The van der Waals surface area contributed by atoms with Crippen molar-refractivity contribution in [3.05, 3.63) is 0 Å². The van der Waals surface area contributed by atoms with Crippen molar-refractivity contribution in [3.63, 3.8) is 0 Å². The number of rotatable bonds is 5. The van der Waals surface area contributed by atoms with Gasteiger partial charge in [0.15, 0.2) is 0 Å². The first-order valence-electron chi connectivity index (χ1n) is 4.37. The van der Waals surface area contributed by atoms with Crippen molar-refractivity contribution in [1.82, 2.24) is 0 Å². The molecule has 0 saturated heterocycles. The molecule has 0 aliphatic rings. The quantitative estimate of drug-likeness (QED) is 0.715. The molecule has 0 aromatic carbocycles. The number of aliphatic carboxylic acids is 1. The van der Waals surface area contributed by atoms with Gasteiger partial charge in [0, 0.05) is 16.5 Å². The van der Waals surface area contributed by atoms with Gasteiger partial charge < -0.3 is 10.8 Å². The molecule has 0 spiro atoms. The fourth-order valence-electron chi connectivity index (χ4n) is 0.691. The van der Waals surface area contributed by atoms with E-state index in [2.05, 4.69) is 0 Å². The normalized spacial score (nSPS) is 16.7. The molecule has 0 bridgehead atoms. The maximum atomic E-state index is 10.6. The molecule has 0 aromatic heterocycles. The third-order valence-electron chi connectivity index (χ3n) is 1.81. The Kier molecular flexibility index (Phi) is 4.78. The molecule has 2 atom stereocenters. The highest BCUT2D eigenvalue weighted by Gasteiger charge is 2.21. The van der Waals surface area contributed by atoms with Crippen LogP contribution in [-0.4, -0.2) is 27.6 Å². The molecule has 4 heteroatoms. The van der Waals surface area contributed by atoms with Crippen molar-refractivity contribution in [2.24, 2.45) is 11.7 Å². The summed E-state index contributed by atoms with van der Waals surface area (Å²) in [5, 5.41) is 8.85. The zero-order valence-electron chi connectivity index (χ0n) is 8.70. The maximum Gasteiger partial charge on any atom is 0.307 e. The summed E-state index contributed by atoms with van der Waals surface area (Å²) in [5.74, 6) is -0.270. The second-order valence-corrected chi connectivity index (χ2v) is 5.50. The number of hydrogen-bond donors (Lipinski definition) is 2. The van der Waals surface area contributed by atoms with Crippen LogP contribution in [0.25, 0.3) is 0 Å². The lowest BCUT2D eigenvalue weighted by Crippen LogP contribution is -2.36. The van der Waals surface area contributed by atoms with E-state index < -0.39 is 5.97 Å². The predicted octanol–water partition coefficient (Wildman–Crippen LogP) is 1.57. The Balaban J connectivity index is 3.88. The topological polar surface area (TPSA) is 63.3 Å². The molecular weight excluding hydrogens is 186 g/mol. The lowest BCUT2D eigenvalue weighted by molar-refractivity contribution is -0.140. The first kappa shape index (κ1) is 12.8. The van der Waals surface area contributed by atoms with Crippen LogP contribution in [0.1, 0.15) is 27.7 Å². The smallest absolute Gasteiger partial charge is 0.307 e. The summed E-state index contributed by atoms with van der Waals surface area (Å²) in [7, 11) is 0. The third kappa shape index (κ3) is 5.93. The van der Waals surface area contributed by atoms with Gasteiger partial charge in [-0.05, 0) is 13.8 Å². The van der Waals surface area contributed by atoms with Crippen molar-refractivity contribution in [1.29, 1.82) is 0 Å². The lowest BCUT2D eigenvalue weighted by Gasteiger charge is -2.22. The van der Waals surface area contributed by atoms with Gasteiger partial charge in [0.1, 0.15) is 0 Å². The van der Waals surface area contributed by atoms with E-state index in [9.17, 15) is 4.79 Å². The number of thioether (sulfide) groups is 1. The largest absolute Gasteiger partial charge is 0.481 e. The Hall–Kier alpha value is -0.220.